The smallest absolute Gasteiger partial charge is 0.224 e. The Morgan fingerprint density at radius 3 is 2.45 bits per heavy atom. The normalized spacial score (nSPS) is 10.6. The molecule has 0 bridgehead atoms. The number of anilines is 2. The molecule has 2 aromatic heterocycles. The number of nitrogen functional groups attached to an aromatic ring is 2. The van der Waals surface area contributed by atoms with Crippen LogP contribution in [0.3, 0.4) is 0 Å². The first-order valence-electron chi connectivity index (χ1n) is 9.70. The van der Waals surface area contributed by atoms with E-state index < -0.39 is 0 Å². The Morgan fingerprint density at radius 2 is 1.74 bits per heavy atom. The number of pyridine rings is 1. The Kier molecular flexibility index (Phi) is 5.79. The lowest BCUT2D eigenvalue weighted by Gasteiger charge is -2.10. The number of para-hydroxylation sites is 1. The molecule has 0 saturated heterocycles. The van der Waals surface area contributed by atoms with Crippen LogP contribution in [-0.2, 0) is 17.8 Å². The third-order valence-corrected chi connectivity index (χ3v) is 4.62. The molecule has 0 unspecified atom stereocenters. The largest absolute Gasteiger partial charge is 0.453 e. The molecule has 0 aliphatic carbocycles. The lowest BCUT2D eigenvalue weighted by molar-refractivity contribution is -0.120. The van der Waals surface area contributed by atoms with Crippen LogP contribution < -0.4 is 21.5 Å². The van der Waals surface area contributed by atoms with E-state index in [4.69, 9.17) is 16.2 Å². The summed E-state index contributed by atoms with van der Waals surface area (Å²) in [4.78, 5) is 23.5. The molecule has 0 fully saturated rings. The quantitative estimate of drug-likeness (QED) is 0.367. The number of hydrogen-bond acceptors (Lipinski definition) is 6. The summed E-state index contributed by atoms with van der Waals surface area (Å²) in [5.41, 5.74) is 15.0. The predicted octanol–water partition coefficient (Wildman–Crippen LogP) is 3.29. The lowest BCUT2D eigenvalue weighted by atomic mass is 10.1. The summed E-state index contributed by atoms with van der Waals surface area (Å²) in [6, 6.07) is 18.8. The molecule has 0 atom stereocenters. The van der Waals surface area contributed by atoms with Gasteiger partial charge in [-0.15, -0.1) is 0 Å². The number of imidazole rings is 1. The monoisotopic (exact) mass is 414 g/mol. The maximum absolute atomic E-state index is 12.4. The number of aromatic amines is 1. The Bertz CT molecular complexity index is 1170. The predicted molar refractivity (Wildman–Crippen MR) is 119 cm³/mol. The second-order valence-electron chi connectivity index (χ2n) is 6.97. The van der Waals surface area contributed by atoms with Crippen molar-refractivity contribution < 1.29 is 9.53 Å². The van der Waals surface area contributed by atoms with Gasteiger partial charge >= 0.3 is 0 Å². The van der Waals surface area contributed by atoms with Crippen LogP contribution in [0.5, 0.6) is 11.5 Å². The van der Waals surface area contributed by atoms with Gasteiger partial charge in [0.05, 0.1) is 18.3 Å². The summed E-state index contributed by atoms with van der Waals surface area (Å²) in [7, 11) is 0. The first-order chi connectivity index (χ1) is 15.1. The highest BCUT2D eigenvalue weighted by atomic mass is 16.5. The average molecular weight is 414 g/mol. The van der Waals surface area contributed by atoms with Crippen LogP contribution in [-0.4, -0.2) is 20.9 Å². The van der Waals surface area contributed by atoms with Crippen LogP contribution in [0.15, 0.2) is 73.1 Å². The first-order valence-corrected chi connectivity index (χ1v) is 9.70. The van der Waals surface area contributed by atoms with E-state index in [1.807, 2.05) is 54.6 Å². The highest BCUT2D eigenvalue weighted by molar-refractivity contribution is 5.78. The number of aromatic nitrogens is 3. The van der Waals surface area contributed by atoms with Gasteiger partial charge in [0.1, 0.15) is 5.75 Å². The van der Waals surface area contributed by atoms with Crippen LogP contribution in [0, 0.1) is 0 Å². The second-order valence-corrected chi connectivity index (χ2v) is 6.97. The molecule has 0 aliphatic heterocycles. The van der Waals surface area contributed by atoms with E-state index in [-0.39, 0.29) is 18.1 Å². The zero-order valence-electron chi connectivity index (χ0n) is 16.7. The molecule has 0 radical (unpaired) electrons. The van der Waals surface area contributed by atoms with Crippen molar-refractivity contribution in [3.63, 3.8) is 0 Å². The van der Waals surface area contributed by atoms with Crippen molar-refractivity contribution in [2.75, 3.05) is 11.5 Å². The number of hydrogen-bond donors (Lipinski definition) is 4. The zero-order chi connectivity index (χ0) is 21.6. The topological polar surface area (TPSA) is 132 Å². The number of carbonyl (C=O) groups is 1. The van der Waals surface area contributed by atoms with Crippen molar-refractivity contribution in [1.29, 1.82) is 0 Å². The van der Waals surface area contributed by atoms with Crippen molar-refractivity contribution in [3.05, 3.63) is 84.2 Å². The van der Waals surface area contributed by atoms with Crippen LogP contribution in [0.4, 0.5) is 11.8 Å². The zero-order valence-corrected chi connectivity index (χ0v) is 16.7. The molecule has 31 heavy (non-hydrogen) atoms. The van der Waals surface area contributed by atoms with E-state index in [1.165, 1.54) is 0 Å². The van der Waals surface area contributed by atoms with Gasteiger partial charge in [0.15, 0.2) is 17.5 Å². The highest BCUT2D eigenvalue weighted by Crippen LogP contribution is 2.26. The minimum Gasteiger partial charge on any atom is -0.453 e. The van der Waals surface area contributed by atoms with Gasteiger partial charge in [0, 0.05) is 12.7 Å². The molecule has 156 valence electrons. The number of ether oxygens (including phenoxy) is 1. The Hall–Kier alpha value is -4.33. The van der Waals surface area contributed by atoms with E-state index in [0.717, 1.165) is 16.8 Å². The number of benzene rings is 2. The number of nitrogens with zero attached hydrogens (tertiary/aromatic N) is 2. The first kappa shape index (κ1) is 20.0. The van der Waals surface area contributed by atoms with Crippen molar-refractivity contribution >= 4 is 17.7 Å². The van der Waals surface area contributed by atoms with Gasteiger partial charge in [-0.3, -0.25) is 4.79 Å². The number of nitrogens with one attached hydrogen (secondary N) is 2. The molecule has 1 amide bonds. The van der Waals surface area contributed by atoms with Crippen LogP contribution >= 0.6 is 0 Å². The molecule has 6 N–H and O–H groups in total. The maximum atomic E-state index is 12.4. The van der Waals surface area contributed by atoms with Crippen molar-refractivity contribution in [2.45, 2.75) is 13.0 Å². The summed E-state index contributed by atoms with van der Waals surface area (Å²) in [5, 5.41) is 2.92. The SMILES string of the molecule is Nc1ncc(-c2ccc(CNC(=O)Cc3cnc(N)c(Oc4ccccc4)c3)cc2)[nH]1. The Morgan fingerprint density at radius 1 is 0.968 bits per heavy atom. The fraction of sp³-hybridized carbons (Fsp3) is 0.0870. The molecule has 0 aliphatic rings. The summed E-state index contributed by atoms with van der Waals surface area (Å²) >= 11 is 0. The van der Waals surface area contributed by atoms with E-state index in [2.05, 4.69) is 20.3 Å². The fourth-order valence-electron chi connectivity index (χ4n) is 3.02. The van der Waals surface area contributed by atoms with Crippen molar-refractivity contribution in [1.82, 2.24) is 20.3 Å². The highest BCUT2D eigenvalue weighted by Gasteiger charge is 2.09. The number of rotatable bonds is 7. The average Bonchev–Trinajstić information content (AvgIpc) is 3.22. The Balaban J connectivity index is 1.34. The number of nitrogens with two attached hydrogens (primary N) is 2. The summed E-state index contributed by atoms with van der Waals surface area (Å²) < 4.78 is 5.78. The van der Waals surface area contributed by atoms with Gasteiger partial charge in [0.25, 0.3) is 0 Å². The lowest BCUT2D eigenvalue weighted by Crippen LogP contribution is -2.24. The fourth-order valence-corrected chi connectivity index (χ4v) is 3.02. The molecule has 8 heteroatoms. The third kappa shape index (κ3) is 5.18. The summed E-state index contributed by atoms with van der Waals surface area (Å²) in [6.45, 7) is 0.417. The van der Waals surface area contributed by atoms with Gasteiger partial charge < -0.3 is 26.5 Å². The van der Waals surface area contributed by atoms with Gasteiger partial charge in [-0.2, -0.15) is 0 Å². The van der Waals surface area contributed by atoms with Crippen molar-refractivity contribution in [3.8, 4) is 22.8 Å². The molecule has 0 spiro atoms. The minimum absolute atomic E-state index is 0.123. The maximum Gasteiger partial charge on any atom is 0.224 e. The van der Waals surface area contributed by atoms with E-state index in [9.17, 15) is 4.79 Å². The molecule has 4 aromatic rings. The third-order valence-electron chi connectivity index (χ3n) is 4.62. The molecule has 8 nitrogen and oxygen atoms in total. The van der Waals surface area contributed by atoms with E-state index >= 15 is 0 Å². The van der Waals surface area contributed by atoms with Crippen LogP contribution in [0.2, 0.25) is 0 Å². The van der Waals surface area contributed by atoms with Gasteiger partial charge in [-0.25, -0.2) is 9.97 Å². The van der Waals surface area contributed by atoms with Crippen LogP contribution in [0.25, 0.3) is 11.3 Å². The standard InChI is InChI=1S/C23H22N6O2/c24-22-20(31-18-4-2-1-3-5-18)10-16(13-27-22)11-21(30)26-12-15-6-8-17(9-7-15)19-14-28-23(25)29-19/h1-10,13-14H,11-12H2,(H2,24,27)(H,26,30)(H3,25,28,29). The molecule has 4 rings (SSSR count). The number of H-pyrrole nitrogens is 1. The molecule has 0 saturated carbocycles. The van der Waals surface area contributed by atoms with Gasteiger partial charge in [0.2, 0.25) is 5.91 Å². The molecule has 2 aromatic carbocycles. The summed E-state index contributed by atoms with van der Waals surface area (Å²) in [5.74, 6) is 1.60. The second kappa shape index (κ2) is 9.00. The molecular formula is C23H22N6O2. The Labute approximate surface area is 179 Å². The molecule has 2 heterocycles. The minimum atomic E-state index is -0.123. The van der Waals surface area contributed by atoms with Gasteiger partial charge in [-0.05, 0) is 34.9 Å². The van der Waals surface area contributed by atoms with E-state index in [0.29, 0.717) is 29.6 Å². The molecular weight excluding hydrogens is 392 g/mol. The summed E-state index contributed by atoms with van der Waals surface area (Å²) in [6.07, 6.45) is 3.43. The van der Waals surface area contributed by atoms with E-state index in [1.54, 1.807) is 18.5 Å². The number of amides is 1. The number of carbonyl (C=O) groups excluding carboxylic acids is 1. The van der Waals surface area contributed by atoms with Gasteiger partial charge in [-0.1, -0.05) is 42.5 Å². The van der Waals surface area contributed by atoms with Crippen molar-refractivity contribution in [2.24, 2.45) is 0 Å². The van der Waals surface area contributed by atoms with Crippen LogP contribution in [0.1, 0.15) is 11.1 Å².